The van der Waals surface area contributed by atoms with Crippen LogP contribution < -0.4 is 0 Å². The predicted octanol–water partition coefficient (Wildman–Crippen LogP) is 2.57. The number of amides is 2. The van der Waals surface area contributed by atoms with Gasteiger partial charge in [0.25, 0.3) is 0 Å². The standard InChI is InChI=1S/C19H22N2O3/c1-11-9-16(12(2)21(11)13-7-8-13)17(22)10-20-18(23)14-5-3-4-6-15(14)19(20)24/h3-4,9,13-15H,5-8,10H2,1-2H3. The molecular formula is C19H22N2O3. The van der Waals surface area contributed by atoms with Crippen LogP contribution in [0.3, 0.4) is 0 Å². The number of aromatic nitrogens is 1. The lowest BCUT2D eigenvalue weighted by Crippen LogP contribution is -2.36. The molecule has 3 aliphatic rings. The van der Waals surface area contributed by atoms with Crippen LogP contribution >= 0.6 is 0 Å². The van der Waals surface area contributed by atoms with Crippen molar-refractivity contribution >= 4 is 17.6 Å². The number of allylic oxidation sites excluding steroid dienone is 2. The van der Waals surface area contributed by atoms with Crippen molar-refractivity contribution in [1.29, 1.82) is 0 Å². The number of carbonyl (C=O) groups excluding carboxylic acids is 3. The summed E-state index contributed by atoms with van der Waals surface area (Å²) >= 11 is 0. The third kappa shape index (κ3) is 2.26. The third-order valence-corrected chi connectivity index (χ3v) is 5.60. The SMILES string of the molecule is Cc1cc(C(=O)CN2C(=O)C3CC=CCC3C2=O)c(C)n1C1CC1. The normalized spacial score (nSPS) is 26.2. The molecule has 0 N–H and O–H groups in total. The first-order valence-corrected chi connectivity index (χ1v) is 8.71. The zero-order valence-electron chi connectivity index (χ0n) is 14.1. The van der Waals surface area contributed by atoms with Gasteiger partial charge in [0.15, 0.2) is 5.78 Å². The van der Waals surface area contributed by atoms with Gasteiger partial charge in [0, 0.05) is 23.0 Å². The Morgan fingerprint density at radius 2 is 1.67 bits per heavy atom. The zero-order chi connectivity index (χ0) is 17.0. The highest BCUT2D eigenvalue weighted by atomic mass is 16.2. The quantitative estimate of drug-likeness (QED) is 0.485. The number of nitrogens with zero attached hydrogens (tertiary/aromatic N) is 2. The van der Waals surface area contributed by atoms with Gasteiger partial charge < -0.3 is 4.57 Å². The molecule has 0 aromatic carbocycles. The van der Waals surface area contributed by atoms with Gasteiger partial charge in [-0.05, 0) is 45.6 Å². The van der Waals surface area contributed by atoms with Gasteiger partial charge in [0.1, 0.15) is 0 Å². The molecule has 4 rings (SSSR count). The summed E-state index contributed by atoms with van der Waals surface area (Å²) in [6, 6.07) is 2.41. The van der Waals surface area contributed by atoms with E-state index >= 15 is 0 Å². The number of aryl methyl sites for hydroxylation is 1. The Hall–Kier alpha value is -2.17. The van der Waals surface area contributed by atoms with E-state index in [-0.39, 0.29) is 36.0 Å². The van der Waals surface area contributed by atoms with Gasteiger partial charge in [0.05, 0.1) is 18.4 Å². The molecule has 2 aliphatic carbocycles. The highest BCUT2D eigenvalue weighted by Gasteiger charge is 2.47. The Bertz CT molecular complexity index is 744. The molecule has 1 saturated heterocycles. The van der Waals surface area contributed by atoms with E-state index < -0.39 is 0 Å². The van der Waals surface area contributed by atoms with Crippen LogP contribution in [0, 0.1) is 25.7 Å². The molecule has 126 valence electrons. The monoisotopic (exact) mass is 326 g/mol. The maximum Gasteiger partial charge on any atom is 0.233 e. The summed E-state index contributed by atoms with van der Waals surface area (Å²) in [5.74, 6) is -1.04. The first-order chi connectivity index (χ1) is 11.5. The second-order valence-electron chi connectivity index (χ2n) is 7.23. The lowest BCUT2D eigenvalue weighted by molar-refractivity contribution is -0.139. The maximum absolute atomic E-state index is 12.8. The van der Waals surface area contributed by atoms with Crippen LogP contribution in [0.4, 0.5) is 0 Å². The average Bonchev–Trinajstić information content (AvgIpc) is 3.32. The van der Waals surface area contributed by atoms with E-state index in [9.17, 15) is 14.4 Å². The van der Waals surface area contributed by atoms with Gasteiger partial charge in [0.2, 0.25) is 11.8 Å². The Kier molecular flexibility index (Phi) is 3.48. The topological polar surface area (TPSA) is 59.4 Å². The minimum atomic E-state index is -0.269. The van der Waals surface area contributed by atoms with Crippen LogP contribution in [0.25, 0.3) is 0 Å². The number of ketones is 1. The minimum absolute atomic E-state index is 0.125. The number of imide groups is 1. The Morgan fingerprint density at radius 3 is 2.21 bits per heavy atom. The van der Waals surface area contributed by atoms with Crippen LogP contribution in [0.2, 0.25) is 0 Å². The zero-order valence-corrected chi connectivity index (χ0v) is 14.1. The van der Waals surface area contributed by atoms with Crippen LogP contribution in [0.5, 0.6) is 0 Å². The van der Waals surface area contributed by atoms with Gasteiger partial charge in [-0.1, -0.05) is 12.2 Å². The highest BCUT2D eigenvalue weighted by Crippen LogP contribution is 2.39. The van der Waals surface area contributed by atoms with E-state index in [1.54, 1.807) is 0 Å². The Morgan fingerprint density at radius 1 is 1.08 bits per heavy atom. The molecule has 0 bridgehead atoms. The maximum atomic E-state index is 12.8. The second-order valence-corrected chi connectivity index (χ2v) is 7.23. The van der Waals surface area contributed by atoms with Crippen LogP contribution in [0.1, 0.15) is 53.5 Å². The summed E-state index contributed by atoms with van der Waals surface area (Å²) in [5.41, 5.74) is 2.68. The van der Waals surface area contributed by atoms with E-state index in [1.807, 2.05) is 32.1 Å². The van der Waals surface area contributed by atoms with Gasteiger partial charge >= 0.3 is 0 Å². The predicted molar refractivity (Wildman–Crippen MR) is 88.6 cm³/mol. The molecule has 5 nitrogen and oxygen atoms in total. The van der Waals surface area contributed by atoms with E-state index in [0.717, 1.165) is 24.2 Å². The number of Topliss-reactive ketones (excluding diaryl/α,β-unsaturated/α-hetero) is 1. The fourth-order valence-electron chi connectivity index (χ4n) is 4.21. The van der Waals surface area contributed by atoms with Crippen molar-refractivity contribution < 1.29 is 14.4 Å². The molecule has 1 aromatic heterocycles. The van der Waals surface area contributed by atoms with Crippen molar-refractivity contribution in [1.82, 2.24) is 9.47 Å². The lowest BCUT2D eigenvalue weighted by Gasteiger charge is -2.14. The lowest BCUT2D eigenvalue weighted by atomic mass is 9.85. The summed E-state index contributed by atoms with van der Waals surface area (Å²) in [4.78, 5) is 39.0. The summed E-state index contributed by atoms with van der Waals surface area (Å²) in [7, 11) is 0. The van der Waals surface area contributed by atoms with Crippen molar-refractivity contribution in [2.45, 2.75) is 45.6 Å². The van der Waals surface area contributed by atoms with Crippen LogP contribution in [-0.2, 0) is 9.59 Å². The van der Waals surface area contributed by atoms with E-state index in [2.05, 4.69) is 4.57 Å². The minimum Gasteiger partial charge on any atom is -0.345 e. The number of hydrogen-bond acceptors (Lipinski definition) is 3. The number of rotatable bonds is 4. The smallest absolute Gasteiger partial charge is 0.233 e. The summed E-state index contributed by atoms with van der Waals surface area (Å²) in [6.45, 7) is 3.84. The number of fused-ring (bicyclic) bond motifs is 1. The van der Waals surface area contributed by atoms with Gasteiger partial charge in [-0.25, -0.2) is 0 Å². The number of hydrogen-bond donors (Lipinski definition) is 0. The fraction of sp³-hybridized carbons (Fsp3) is 0.526. The Labute approximate surface area is 141 Å². The Balaban J connectivity index is 1.55. The summed E-state index contributed by atoms with van der Waals surface area (Å²) in [6.07, 6.45) is 7.45. The van der Waals surface area contributed by atoms with E-state index in [1.165, 1.54) is 4.90 Å². The van der Waals surface area contributed by atoms with Gasteiger partial charge in [-0.2, -0.15) is 0 Å². The van der Waals surface area contributed by atoms with Crippen molar-refractivity contribution in [3.8, 4) is 0 Å². The molecule has 0 radical (unpaired) electrons. The van der Waals surface area contributed by atoms with E-state index in [4.69, 9.17) is 0 Å². The van der Waals surface area contributed by atoms with Crippen molar-refractivity contribution in [2.24, 2.45) is 11.8 Å². The number of carbonyl (C=O) groups is 3. The molecule has 1 saturated carbocycles. The first-order valence-electron chi connectivity index (χ1n) is 8.71. The third-order valence-electron chi connectivity index (χ3n) is 5.60. The van der Waals surface area contributed by atoms with Crippen molar-refractivity contribution in [2.75, 3.05) is 6.54 Å². The summed E-state index contributed by atoms with van der Waals surface area (Å²) in [5, 5.41) is 0. The second kappa shape index (κ2) is 5.43. The molecule has 5 heteroatoms. The van der Waals surface area contributed by atoms with Crippen LogP contribution in [0.15, 0.2) is 18.2 Å². The molecule has 2 atom stereocenters. The molecule has 1 aromatic rings. The largest absolute Gasteiger partial charge is 0.345 e. The van der Waals surface area contributed by atoms with Gasteiger partial charge in [-0.15, -0.1) is 0 Å². The molecular weight excluding hydrogens is 304 g/mol. The fourth-order valence-corrected chi connectivity index (χ4v) is 4.21. The first kappa shape index (κ1) is 15.4. The van der Waals surface area contributed by atoms with Crippen LogP contribution in [-0.4, -0.2) is 33.6 Å². The van der Waals surface area contributed by atoms with Crippen molar-refractivity contribution in [3.63, 3.8) is 0 Å². The molecule has 2 amide bonds. The molecule has 0 spiro atoms. The average molecular weight is 326 g/mol. The molecule has 2 fully saturated rings. The summed E-state index contributed by atoms with van der Waals surface area (Å²) < 4.78 is 2.21. The van der Waals surface area contributed by atoms with Crippen molar-refractivity contribution in [3.05, 3.63) is 35.2 Å². The number of likely N-dealkylation sites (tertiary alicyclic amines) is 1. The highest BCUT2D eigenvalue weighted by molar-refractivity contribution is 6.10. The molecule has 24 heavy (non-hydrogen) atoms. The molecule has 2 unspecified atom stereocenters. The molecule has 1 aliphatic heterocycles. The molecule has 2 heterocycles. The van der Waals surface area contributed by atoms with E-state index in [0.29, 0.717) is 24.4 Å². The van der Waals surface area contributed by atoms with Gasteiger partial charge in [-0.3, -0.25) is 19.3 Å².